The van der Waals surface area contributed by atoms with E-state index < -0.39 is 0 Å². The highest BCUT2D eigenvalue weighted by Gasteiger charge is 2.20. The summed E-state index contributed by atoms with van der Waals surface area (Å²) in [6, 6.07) is 13.1. The lowest BCUT2D eigenvalue weighted by molar-refractivity contribution is -0.123. The number of carbonyl (C=O) groups is 1. The van der Waals surface area contributed by atoms with E-state index in [0.717, 1.165) is 28.6 Å². The minimum absolute atomic E-state index is 0.0157. The van der Waals surface area contributed by atoms with Crippen molar-refractivity contribution in [2.24, 2.45) is 5.92 Å². The molecule has 34 heavy (non-hydrogen) atoms. The quantitative estimate of drug-likeness (QED) is 0.493. The van der Waals surface area contributed by atoms with Gasteiger partial charge in [-0.05, 0) is 67.5 Å². The number of rotatable bonds is 10. The molecule has 1 aliphatic carbocycles. The molecule has 1 aromatic heterocycles. The van der Waals surface area contributed by atoms with Gasteiger partial charge in [-0.1, -0.05) is 12.5 Å². The predicted octanol–water partition coefficient (Wildman–Crippen LogP) is 3.86. The van der Waals surface area contributed by atoms with E-state index in [1.54, 1.807) is 20.3 Å². The molecule has 0 radical (unpaired) electrons. The van der Waals surface area contributed by atoms with Crippen LogP contribution in [0.1, 0.15) is 30.4 Å². The van der Waals surface area contributed by atoms with E-state index in [2.05, 4.69) is 5.32 Å². The number of aryl methyl sites for hydroxylation is 1. The number of amides is 1. The van der Waals surface area contributed by atoms with E-state index in [1.807, 2.05) is 47.9 Å². The van der Waals surface area contributed by atoms with Crippen molar-refractivity contribution in [3.63, 3.8) is 0 Å². The van der Waals surface area contributed by atoms with Crippen LogP contribution in [0, 0.1) is 12.8 Å². The Morgan fingerprint density at radius 2 is 1.85 bits per heavy atom. The number of hydrogen-bond donors (Lipinski definition) is 1. The van der Waals surface area contributed by atoms with Gasteiger partial charge in [-0.15, -0.1) is 0 Å². The summed E-state index contributed by atoms with van der Waals surface area (Å²) < 4.78 is 18.2. The SMILES string of the molecule is COc1ccc(CCNC(=O)COc2ccc3c(C)cc(=O)n(CC4CCC4)c3c2)cc1OC. The van der Waals surface area contributed by atoms with Gasteiger partial charge in [-0.3, -0.25) is 9.59 Å². The first-order chi connectivity index (χ1) is 16.5. The van der Waals surface area contributed by atoms with Gasteiger partial charge >= 0.3 is 0 Å². The highest BCUT2D eigenvalue weighted by molar-refractivity contribution is 5.84. The van der Waals surface area contributed by atoms with Crippen molar-refractivity contribution in [3.8, 4) is 17.2 Å². The Bertz CT molecular complexity index is 1230. The van der Waals surface area contributed by atoms with Gasteiger partial charge in [-0.2, -0.15) is 0 Å². The van der Waals surface area contributed by atoms with Gasteiger partial charge in [0.25, 0.3) is 11.5 Å². The summed E-state index contributed by atoms with van der Waals surface area (Å²) in [6.07, 6.45) is 4.23. The maximum Gasteiger partial charge on any atom is 0.257 e. The molecule has 1 saturated carbocycles. The third kappa shape index (κ3) is 5.35. The second-order valence-electron chi connectivity index (χ2n) is 8.83. The normalized spacial score (nSPS) is 13.4. The second-order valence-corrected chi connectivity index (χ2v) is 8.83. The third-order valence-corrected chi connectivity index (χ3v) is 6.51. The smallest absolute Gasteiger partial charge is 0.257 e. The molecule has 1 aliphatic rings. The number of nitrogens with one attached hydrogen (secondary N) is 1. The van der Waals surface area contributed by atoms with Gasteiger partial charge in [0.2, 0.25) is 0 Å². The van der Waals surface area contributed by atoms with Gasteiger partial charge in [0.1, 0.15) is 5.75 Å². The molecule has 0 aliphatic heterocycles. The molecule has 0 unspecified atom stereocenters. The Kier molecular flexibility index (Phi) is 7.40. The van der Waals surface area contributed by atoms with Crippen LogP contribution in [0.5, 0.6) is 17.2 Å². The largest absolute Gasteiger partial charge is 0.493 e. The molecule has 1 N–H and O–H groups in total. The first-order valence-corrected chi connectivity index (χ1v) is 11.7. The molecule has 0 bridgehead atoms. The Morgan fingerprint density at radius 3 is 2.56 bits per heavy atom. The van der Waals surface area contributed by atoms with Crippen LogP contribution in [0.3, 0.4) is 0 Å². The van der Waals surface area contributed by atoms with Crippen molar-refractivity contribution in [2.45, 2.75) is 39.2 Å². The van der Waals surface area contributed by atoms with Gasteiger partial charge < -0.3 is 24.1 Å². The Hall–Kier alpha value is -3.48. The average Bonchev–Trinajstić information content (AvgIpc) is 2.81. The lowest BCUT2D eigenvalue weighted by atomic mass is 9.85. The molecule has 0 saturated heterocycles. The summed E-state index contributed by atoms with van der Waals surface area (Å²) in [6.45, 7) is 3.07. The molecule has 180 valence electrons. The second kappa shape index (κ2) is 10.6. The van der Waals surface area contributed by atoms with Crippen molar-refractivity contribution >= 4 is 16.8 Å². The maximum atomic E-state index is 12.7. The molecule has 7 nitrogen and oxygen atoms in total. The fraction of sp³-hybridized carbons (Fsp3) is 0.407. The van der Waals surface area contributed by atoms with E-state index in [9.17, 15) is 9.59 Å². The maximum absolute atomic E-state index is 12.7. The zero-order chi connectivity index (χ0) is 24.1. The summed E-state index contributed by atoms with van der Waals surface area (Å²) in [7, 11) is 3.20. The molecule has 1 heterocycles. The minimum atomic E-state index is -0.198. The number of hydrogen-bond acceptors (Lipinski definition) is 5. The number of nitrogens with zero attached hydrogens (tertiary/aromatic N) is 1. The lowest BCUT2D eigenvalue weighted by Gasteiger charge is -2.27. The highest BCUT2D eigenvalue weighted by atomic mass is 16.5. The average molecular weight is 465 g/mol. The highest BCUT2D eigenvalue weighted by Crippen LogP contribution is 2.30. The van der Waals surface area contributed by atoms with Crippen LogP contribution >= 0.6 is 0 Å². The molecule has 2 aromatic carbocycles. The number of carbonyl (C=O) groups excluding carboxylic acids is 1. The van der Waals surface area contributed by atoms with Crippen LogP contribution in [0.2, 0.25) is 0 Å². The standard InChI is InChI=1S/C27H32N2O5/c1-18-13-27(31)29(16-20-5-4-6-20)23-15-21(8-9-22(18)23)34-17-26(30)28-12-11-19-7-10-24(32-2)25(14-19)33-3/h7-10,13-15,20H,4-6,11-12,16-17H2,1-3H3,(H,28,30). The molecule has 4 rings (SSSR count). The van der Waals surface area contributed by atoms with Crippen LogP contribution in [0.25, 0.3) is 10.9 Å². The Morgan fingerprint density at radius 1 is 1.06 bits per heavy atom. The number of aromatic nitrogens is 1. The number of methoxy groups -OCH3 is 2. The fourth-order valence-electron chi connectivity index (χ4n) is 4.32. The molecule has 1 amide bonds. The number of pyridine rings is 1. The first kappa shape index (κ1) is 23.7. The molecule has 7 heteroatoms. The number of ether oxygens (including phenoxy) is 3. The van der Waals surface area contributed by atoms with Crippen LogP contribution in [0.4, 0.5) is 0 Å². The van der Waals surface area contributed by atoms with Crippen molar-refractivity contribution in [3.05, 3.63) is 63.9 Å². The van der Waals surface area contributed by atoms with E-state index >= 15 is 0 Å². The fourth-order valence-corrected chi connectivity index (χ4v) is 4.32. The van der Waals surface area contributed by atoms with E-state index in [0.29, 0.717) is 36.1 Å². The summed E-state index contributed by atoms with van der Waals surface area (Å²) in [4.78, 5) is 25.0. The number of benzene rings is 2. The van der Waals surface area contributed by atoms with Crippen molar-refractivity contribution < 1.29 is 19.0 Å². The van der Waals surface area contributed by atoms with Crippen LogP contribution in [0.15, 0.2) is 47.3 Å². The molecular weight excluding hydrogens is 432 g/mol. The lowest BCUT2D eigenvalue weighted by Crippen LogP contribution is -2.30. The van der Waals surface area contributed by atoms with Crippen molar-refractivity contribution in [1.82, 2.24) is 9.88 Å². The van der Waals surface area contributed by atoms with Gasteiger partial charge in [0.05, 0.1) is 19.7 Å². The summed E-state index contributed by atoms with van der Waals surface area (Å²) in [5.74, 6) is 2.28. The van der Waals surface area contributed by atoms with Gasteiger partial charge in [0.15, 0.2) is 18.1 Å². The van der Waals surface area contributed by atoms with Crippen LogP contribution < -0.4 is 25.1 Å². The first-order valence-electron chi connectivity index (χ1n) is 11.7. The third-order valence-electron chi connectivity index (χ3n) is 6.51. The van der Waals surface area contributed by atoms with Gasteiger partial charge in [0, 0.05) is 30.6 Å². The molecule has 3 aromatic rings. The van der Waals surface area contributed by atoms with Crippen molar-refractivity contribution in [1.29, 1.82) is 0 Å². The Labute approximate surface area is 199 Å². The summed E-state index contributed by atoms with van der Waals surface area (Å²) >= 11 is 0. The summed E-state index contributed by atoms with van der Waals surface area (Å²) in [5.41, 5.74) is 2.86. The minimum Gasteiger partial charge on any atom is -0.493 e. The summed E-state index contributed by atoms with van der Waals surface area (Å²) in [5, 5.41) is 3.92. The monoisotopic (exact) mass is 464 g/mol. The molecule has 1 fully saturated rings. The molecule has 0 spiro atoms. The Balaban J connectivity index is 1.36. The predicted molar refractivity (Wildman–Crippen MR) is 132 cm³/mol. The topological polar surface area (TPSA) is 78.8 Å². The zero-order valence-corrected chi connectivity index (χ0v) is 20.1. The molecular formula is C27H32N2O5. The zero-order valence-electron chi connectivity index (χ0n) is 20.1. The van der Waals surface area contributed by atoms with Crippen LogP contribution in [-0.4, -0.2) is 37.8 Å². The van der Waals surface area contributed by atoms with E-state index in [-0.39, 0.29) is 18.1 Å². The number of fused-ring (bicyclic) bond motifs is 1. The molecule has 0 atom stereocenters. The van der Waals surface area contributed by atoms with Gasteiger partial charge in [-0.25, -0.2) is 0 Å². The van der Waals surface area contributed by atoms with Crippen LogP contribution in [-0.2, 0) is 17.8 Å². The van der Waals surface area contributed by atoms with Crippen molar-refractivity contribution in [2.75, 3.05) is 27.4 Å². The van der Waals surface area contributed by atoms with E-state index in [4.69, 9.17) is 14.2 Å². The van der Waals surface area contributed by atoms with E-state index in [1.165, 1.54) is 19.3 Å².